The Bertz CT molecular complexity index is 302. The summed E-state index contributed by atoms with van der Waals surface area (Å²) in [5, 5.41) is 38.6. The quantitative estimate of drug-likeness (QED) is 0.527. The lowest BCUT2D eigenvalue weighted by molar-refractivity contribution is -0.257. The fraction of sp³-hybridized carbons (Fsp3) is 1.00. The minimum Gasteiger partial charge on any atom is -0.394 e. The van der Waals surface area contributed by atoms with Gasteiger partial charge in [0.25, 0.3) is 0 Å². The minimum atomic E-state index is -0.912. The summed E-state index contributed by atoms with van der Waals surface area (Å²) in [5.74, 6) is -0.398. The van der Waals surface area contributed by atoms with Crippen LogP contribution >= 0.6 is 0 Å². The minimum absolute atomic E-state index is 0.000142. The summed E-state index contributed by atoms with van der Waals surface area (Å²) in [6, 6.07) is 0. The molecule has 0 spiro atoms. The Kier molecular flexibility index (Phi) is 4.49. The molecule has 4 N–H and O–H groups in total. The van der Waals surface area contributed by atoms with E-state index in [1.807, 2.05) is 0 Å². The lowest BCUT2D eigenvalue weighted by Crippen LogP contribution is -2.61. The van der Waals surface area contributed by atoms with Crippen molar-refractivity contribution in [2.75, 3.05) is 13.2 Å². The highest BCUT2D eigenvalue weighted by Gasteiger charge is 2.49. The van der Waals surface area contributed by atoms with Gasteiger partial charge in [-0.1, -0.05) is 0 Å². The zero-order chi connectivity index (χ0) is 14.2. The second kappa shape index (κ2) is 5.63. The topological polar surface area (TPSA) is 99.4 Å². The van der Waals surface area contributed by atoms with E-state index >= 15 is 0 Å². The van der Waals surface area contributed by atoms with E-state index in [1.54, 1.807) is 13.8 Å². The molecule has 2 saturated heterocycles. The van der Waals surface area contributed by atoms with Crippen LogP contribution in [0.15, 0.2) is 0 Å². The summed E-state index contributed by atoms with van der Waals surface area (Å²) < 4.78 is 11.0. The summed E-state index contributed by atoms with van der Waals surface area (Å²) in [6.45, 7) is 3.22. The molecule has 0 aromatic carbocycles. The van der Waals surface area contributed by atoms with Gasteiger partial charge in [-0.05, 0) is 20.3 Å². The molecule has 6 nitrogen and oxygen atoms in total. The standard InChI is InChI=1S/C13H24O6/c1-13(2)12(17)9(11(16)10(6-15)19-13)4-7-3-8(5-14)18-7/h7-12,14-17H,3-6H2,1-2H3/t7?,8?,9?,10?,11?,12-/m0/s1. The molecule has 6 atom stereocenters. The van der Waals surface area contributed by atoms with E-state index in [2.05, 4.69) is 0 Å². The lowest BCUT2D eigenvalue weighted by atomic mass is 9.76. The van der Waals surface area contributed by atoms with Crippen LogP contribution in [0.25, 0.3) is 0 Å². The van der Waals surface area contributed by atoms with Crippen molar-refractivity contribution in [1.82, 2.24) is 0 Å². The van der Waals surface area contributed by atoms with Crippen molar-refractivity contribution in [3.05, 3.63) is 0 Å². The van der Waals surface area contributed by atoms with Gasteiger partial charge in [-0.25, -0.2) is 0 Å². The summed E-state index contributed by atoms with van der Waals surface area (Å²) in [7, 11) is 0. The second-order valence-corrected chi connectivity index (χ2v) is 6.08. The molecule has 19 heavy (non-hydrogen) atoms. The first kappa shape index (κ1) is 15.2. The average Bonchev–Trinajstić information content (AvgIpc) is 2.32. The summed E-state index contributed by atoms with van der Waals surface area (Å²) in [6.07, 6.45) is -1.36. The zero-order valence-corrected chi connectivity index (χ0v) is 11.4. The van der Waals surface area contributed by atoms with Gasteiger partial charge in [0.05, 0.1) is 43.2 Å². The van der Waals surface area contributed by atoms with Gasteiger partial charge in [-0.15, -0.1) is 0 Å². The normalized spacial score (nSPS) is 45.8. The first-order valence-corrected chi connectivity index (χ1v) is 6.80. The first-order chi connectivity index (χ1) is 8.89. The van der Waals surface area contributed by atoms with Gasteiger partial charge < -0.3 is 29.9 Å². The molecule has 0 aromatic heterocycles. The van der Waals surface area contributed by atoms with Gasteiger partial charge in [-0.3, -0.25) is 0 Å². The Morgan fingerprint density at radius 1 is 1.11 bits per heavy atom. The van der Waals surface area contributed by atoms with E-state index in [1.165, 1.54) is 0 Å². The maximum absolute atomic E-state index is 10.3. The third-order valence-corrected chi connectivity index (χ3v) is 4.22. The summed E-state index contributed by atoms with van der Waals surface area (Å²) in [5.41, 5.74) is -0.808. The van der Waals surface area contributed by atoms with Gasteiger partial charge in [0.2, 0.25) is 0 Å². The molecule has 0 saturated carbocycles. The van der Waals surface area contributed by atoms with Crippen LogP contribution < -0.4 is 0 Å². The van der Waals surface area contributed by atoms with E-state index in [0.29, 0.717) is 6.42 Å². The van der Waals surface area contributed by atoms with Crippen molar-refractivity contribution in [1.29, 1.82) is 0 Å². The fourth-order valence-corrected chi connectivity index (χ4v) is 3.05. The van der Waals surface area contributed by atoms with Gasteiger partial charge in [0.1, 0.15) is 6.10 Å². The third kappa shape index (κ3) is 2.94. The SMILES string of the molecule is CC1(C)OC(CO)C(O)C(CC2CC(CO)O2)[C@@H]1O. The maximum atomic E-state index is 10.3. The fourth-order valence-electron chi connectivity index (χ4n) is 3.05. The van der Waals surface area contributed by atoms with Crippen molar-refractivity contribution in [3.8, 4) is 0 Å². The molecule has 2 fully saturated rings. The highest BCUT2D eigenvalue weighted by molar-refractivity contribution is 4.98. The molecule has 2 rings (SSSR count). The maximum Gasteiger partial charge on any atom is 0.108 e. The monoisotopic (exact) mass is 276 g/mol. The van der Waals surface area contributed by atoms with Crippen LogP contribution in [0.3, 0.4) is 0 Å². The number of aliphatic hydroxyl groups excluding tert-OH is 4. The van der Waals surface area contributed by atoms with Crippen molar-refractivity contribution in [2.24, 2.45) is 5.92 Å². The van der Waals surface area contributed by atoms with Crippen LogP contribution in [0.1, 0.15) is 26.7 Å². The number of aliphatic hydroxyl groups is 4. The Morgan fingerprint density at radius 3 is 2.26 bits per heavy atom. The largest absolute Gasteiger partial charge is 0.394 e. The van der Waals surface area contributed by atoms with Crippen molar-refractivity contribution in [3.63, 3.8) is 0 Å². The van der Waals surface area contributed by atoms with Crippen LogP contribution in [-0.2, 0) is 9.47 Å². The van der Waals surface area contributed by atoms with E-state index in [9.17, 15) is 15.3 Å². The molecular formula is C13H24O6. The Labute approximate surface area is 113 Å². The molecule has 5 unspecified atom stereocenters. The number of ether oxygens (including phenoxy) is 2. The Hall–Kier alpha value is -0.240. The van der Waals surface area contributed by atoms with Crippen molar-refractivity contribution in [2.45, 2.75) is 62.8 Å². The van der Waals surface area contributed by atoms with Crippen LogP contribution in [0.5, 0.6) is 0 Å². The van der Waals surface area contributed by atoms with Crippen LogP contribution in [0.2, 0.25) is 0 Å². The van der Waals surface area contributed by atoms with Gasteiger partial charge in [0.15, 0.2) is 0 Å². The number of hydrogen-bond acceptors (Lipinski definition) is 6. The second-order valence-electron chi connectivity index (χ2n) is 6.08. The molecule has 0 aliphatic carbocycles. The predicted molar refractivity (Wildman–Crippen MR) is 66.5 cm³/mol. The van der Waals surface area contributed by atoms with E-state index in [4.69, 9.17) is 14.6 Å². The highest BCUT2D eigenvalue weighted by atomic mass is 16.5. The smallest absolute Gasteiger partial charge is 0.108 e. The van der Waals surface area contributed by atoms with Crippen LogP contribution in [0.4, 0.5) is 0 Å². The van der Waals surface area contributed by atoms with E-state index in [-0.39, 0.29) is 25.4 Å². The molecule has 6 heteroatoms. The summed E-state index contributed by atoms with van der Waals surface area (Å²) >= 11 is 0. The number of hydrogen-bond donors (Lipinski definition) is 4. The Balaban J connectivity index is 1.99. The predicted octanol–water partition coefficient (Wildman–Crippen LogP) is -0.966. The first-order valence-electron chi connectivity index (χ1n) is 6.80. The molecule has 2 heterocycles. The third-order valence-electron chi connectivity index (χ3n) is 4.22. The molecule has 0 radical (unpaired) electrons. The van der Waals surface area contributed by atoms with Gasteiger partial charge in [0, 0.05) is 12.3 Å². The lowest BCUT2D eigenvalue weighted by Gasteiger charge is -2.49. The highest BCUT2D eigenvalue weighted by Crippen LogP contribution is 2.38. The van der Waals surface area contributed by atoms with E-state index in [0.717, 1.165) is 6.42 Å². The van der Waals surface area contributed by atoms with Gasteiger partial charge in [-0.2, -0.15) is 0 Å². The molecular weight excluding hydrogens is 252 g/mol. The van der Waals surface area contributed by atoms with Crippen LogP contribution in [0, 0.1) is 5.92 Å². The van der Waals surface area contributed by atoms with Crippen LogP contribution in [-0.4, -0.2) is 69.8 Å². The van der Waals surface area contributed by atoms with Crippen molar-refractivity contribution >= 4 is 0 Å². The zero-order valence-electron chi connectivity index (χ0n) is 11.4. The Morgan fingerprint density at radius 2 is 1.74 bits per heavy atom. The molecule has 112 valence electrons. The average molecular weight is 276 g/mol. The summed E-state index contributed by atoms with van der Waals surface area (Å²) in [4.78, 5) is 0. The molecule has 2 aliphatic heterocycles. The van der Waals surface area contributed by atoms with E-state index < -0.39 is 29.8 Å². The molecule has 0 aromatic rings. The molecule has 2 aliphatic rings. The number of rotatable bonds is 4. The molecule has 0 amide bonds. The van der Waals surface area contributed by atoms with Crippen molar-refractivity contribution < 1.29 is 29.9 Å². The molecule has 0 bridgehead atoms. The van der Waals surface area contributed by atoms with Gasteiger partial charge >= 0.3 is 0 Å².